The summed E-state index contributed by atoms with van der Waals surface area (Å²) in [5.74, 6) is -0.780. The van der Waals surface area contributed by atoms with Crippen molar-refractivity contribution in [2.24, 2.45) is 0 Å². The average molecular weight is 171 g/mol. The zero-order valence-electron chi connectivity index (χ0n) is 7.79. The van der Waals surface area contributed by atoms with Crippen LogP contribution in [0.15, 0.2) is 12.7 Å². The van der Waals surface area contributed by atoms with Crippen LogP contribution in [0.5, 0.6) is 0 Å². The van der Waals surface area contributed by atoms with Crippen molar-refractivity contribution in [2.75, 3.05) is 13.1 Å². The Morgan fingerprint density at radius 1 is 1.75 bits per heavy atom. The minimum absolute atomic E-state index is 0.0982. The van der Waals surface area contributed by atoms with Gasteiger partial charge in [-0.25, -0.2) is 0 Å². The van der Waals surface area contributed by atoms with Crippen molar-refractivity contribution in [3.63, 3.8) is 0 Å². The van der Waals surface area contributed by atoms with Gasteiger partial charge in [0.1, 0.15) is 0 Å². The van der Waals surface area contributed by atoms with Gasteiger partial charge in [-0.2, -0.15) is 0 Å². The lowest BCUT2D eigenvalue weighted by Crippen LogP contribution is -2.37. The maximum atomic E-state index is 10.4. The van der Waals surface area contributed by atoms with Crippen LogP contribution in [0.2, 0.25) is 0 Å². The highest BCUT2D eigenvalue weighted by Gasteiger charge is 2.13. The molecule has 0 radical (unpaired) electrons. The molecular weight excluding hydrogens is 154 g/mol. The Kier molecular flexibility index (Phi) is 5.37. The van der Waals surface area contributed by atoms with E-state index in [2.05, 4.69) is 6.58 Å². The van der Waals surface area contributed by atoms with E-state index in [1.807, 2.05) is 18.7 Å². The smallest absolute Gasteiger partial charge is 0.317 e. The number of hydrogen-bond donors (Lipinski definition) is 1. The molecule has 70 valence electrons. The summed E-state index contributed by atoms with van der Waals surface area (Å²) in [4.78, 5) is 12.3. The van der Waals surface area contributed by atoms with E-state index in [0.717, 1.165) is 6.42 Å². The van der Waals surface area contributed by atoms with E-state index in [-0.39, 0.29) is 6.54 Å². The second kappa shape index (κ2) is 5.77. The van der Waals surface area contributed by atoms with E-state index in [1.165, 1.54) is 0 Å². The maximum Gasteiger partial charge on any atom is 0.317 e. The van der Waals surface area contributed by atoms with Crippen LogP contribution in [0.25, 0.3) is 0 Å². The van der Waals surface area contributed by atoms with Crippen molar-refractivity contribution in [1.82, 2.24) is 4.90 Å². The molecule has 0 saturated heterocycles. The Labute approximate surface area is 73.7 Å². The minimum atomic E-state index is -0.780. The van der Waals surface area contributed by atoms with Gasteiger partial charge in [0.15, 0.2) is 0 Å². The van der Waals surface area contributed by atoms with E-state index in [4.69, 9.17) is 5.11 Å². The molecule has 0 aromatic heterocycles. The first kappa shape index (κ1) is 11.2. The number of rotatable bonds is 6. The van der Waals surface area contributed by atoms with Crippen LogP contribution in [0.3, 0.4) is 0 Å². The van der Waals surface area contributed by atoms with Gasteiger partial charge in [-0.05, 0) is 13.3 Å². The SMILES string of the molecule is C=CCN(CC(=O)O)C(C)CC. The number of carboxylic acid groups (broad SMARTS) is 1. The number of carboxylic acids is 1. The van der Waals surface area contributed by atoms with Crippen molar-refractivity contribution in [3.8, 4) is 0 Å². The second-order valence-electron chi connectivity index (χ2n) is 2.87. The zero-order chi connectivity index (χ0) is 9.56. The Morgan fingerprint density at radius 3 is 2.67 bits per heavy atom. The van der Waals surface area contributed by atoms with Gasteiger partial charge in [0, 0.05) is 12.6 Å². The molecule has 3 nitrogen and oxygen atoms in total. The molecule has 0 saturated carbocycles. The Hall–Kier alpha value is -0.830. The molecule has 0 aliphatic carbocycles. The molecule has 0 heterocycles. The molecule has 0 bridgehead atoms. The first-order valence-corrected chi connectivity index (χ1v) is 4.18. The average Bonchev–Trinajstić information content (AvgIpc) is 2.01. The van der Waals surface area contributed by atoms with Crippen LogP contribution < -0.4 is 0 Å². The van der Waals surface area contributed by atoms with Gasteiger partial charge in [0.25, 0.3) is 0 Å². The van der Waals surface area contributed by atoms with E-state index in [9.17, 15) is 4.79 Å². The maximum absolute atomic E-state index is 10.4. The Bertz CT molecular complexity index is 157. The van der Waals surface area contributed by atoms with Gasteiger partial charge >= 0.3 is 5.97 Å². The summed E-state index contributed by atoms with van der Waals surface area (Å²) in [6, 6.07) is 0.305. The summed E-state index contributed by atoms with van der Waals surface area (Å²) in [5, 5.41) is 8.58. The van der Waals surface area contributed by atoms with E-state index in [1.54, 1.807) is 6.08 Å². The summed E-state index contributed by atoms with van der Waals surface area (Å²) in [5.41, 5.74) is 0. The third-order valence-electron chi connectivity index (χ3n) is 1.92. The molecule has 0 fully saturated rings. The van der Waals surface area contributed by atoms with Crippen molar-refractivity contribution < 1.29 is 9.90 Å². The molecule has 1 unspecified atom stereocenters. The molecule has 12 heavy (non-hydrogen) atoms. The highest BCUT2D eigenvalue weighted by molar-refractivity contribution is 5.69. The van der Waals surface area contributed by atoms with Crippen LogP contribution in [0, 0.1) is 0 Å². The molecule has 0 amide bonds. The lowest BCUT2D eigenvalue weighted by molar-refractivity contribution is -0.138. The summed E-state index contributed by atoms with van der Waals surface area (Å²) >= 11 is 0. The van der Waals surface area contributed by atoms with Crippen molar-refractivity contribution in [2.45, 2.75) is 26.3 Å². The zero-order valence-corrected chi connectivity index (χ0v) is 7.79. The molecule has 3 heteroatoms. The summed E-state index contributed by atoms with van der Waals surface area (Å²) < 4.78 is 0. The van der Waals surface area contributed by atoms with Gasteiger partial charge in [-0.3, -0.25) is 9.69 Å². The standard InChI is InChI=1S/C9H17NO2/c1-4-6-10(7-9(11)12)8(3)5-2/h4,8H,1,5-7H2,2-3H3,(H,11,12). The van der Waals surface area contributed by atoms with E-state index in [0.29, 0.717) is 12.6 Å². The summed E-state index contributed by atoms with van der Waals surface area (Å²) in [6.07, 6.45) is 2.69. The molecule has 1 N–H and O–H groups in total. The third-order valence-corrected chi connectivity index (χ3v) is 1.92. The number of nitrogens with zero attached hydrogens (tertiary/aromatic N) is 1. The van der Waals surface area contributed by atoms with E-state index >= 15 is 0 Å². The number of carbonyl (C=O) groups is 1. The fourth-order valence-corrected chi connectivity index (χ4v) is 0.998. The van der Waals surface area contributed by atoms with Crippen LogP contribution in [0.4, 0.5) is 0 Å². The molecule has 0 rings (SSSR count). The molecule has 0 aromatic carbocycles. The lowest BCUT2D eigenvalue weighted by atomic mass is 10.2. The molecule has 0 aliphatic rings. The minimum Gasteiger partial charge on any atom is -0.480 e. The van der Waals surface area contributed by atoms with Crippen molar-refractivity contribution in [3.05, 3.63) is 12.7 Å². The second-order valence-corrected chi connectivity index (χ2v) is 2.87. The Balaban J connectivity index is 4.01. The Morgan fingerprint density at radius 2 is 2.33 bits per heavy atom. The van der Waals surface area contributed by atoms with Gasteiger partial charge < -0.3 is 5.11 Å². The first-order chi connectivity index (χ1) is 5.61. The van der Waals surface area contributed by atoms with Gasteiger partial charge in [0.05, 0.1) is 6.54 Å². The fourth-order valence-electron chi connectivity index (χ4n) is 0.998. The molecule has 1 atom stereocenters. The summed E-state index contributed by atoms with van der Waals surface area (Å²) in [7, 11) is 0. The van der Waals surface area contributed by atoms with Gasteiger partial charge in [-0.15, -0.1) is 6.58 Å². The normalized spacial score (nSPS) is 12.9. The molecular formula is C9H17NO2. The topological polar surface area (TPSA) is 40.5 Å². The van der Waals surface area contributed by atoms with Crippen molar-refractivity contribution in [1.29, 1.82) is 0 Å². The first-order valence-electron chi connectivity index (χ1n) is 4.18. The highest BCUT2D eigenvalue weighted by atomic mass is 16.4. The monoisotopic (exact) mass is 171 g/mol. The van der Waals surface area contributed by atoms with Crippen LogP contribution in [-0.4, -0.2) is 35.1 Å². The van der Waals surface area contributed by atoms with E-state index < -0.39 is 5.97 Å². The number of hydrogen-bond acceptors (Lipinski definition) is 2. The molecule has 0 aliphatic heterocycles. The lowest BCUT2D eigenvalue weighted by Gasteiger charge is -2.24. The summed E-state index contributed by atoms with van der Waals surface area (Å²) in [6.45, 7) is 8.39. The van der Waals surface area contributed by atoms with Crippen LogP contribution in [0.1, 0.15) is 20.3 Å². The molecule has 0 spiro atoms. The largest absolute Gasteiger partial charge is 0.480 e. The quantitative estimate of drug-likeness (QED) is 0.613. The highest BCUT2D eigenvalue weighted by Crippen LogP contribution is 2.02. The third kappa shape index (κ3) is 4.13. The van der Waals surface area contributed by atoms with Crippen LogP contribution >= 0.6 is 0 Å². The number of aliphatic carboxylic acids is 1. The fraction of sp³-hybridized carbons (Fsp3) is 0.667. The van der Waals surface area contributed by atoms with Crippen molar-refractivity contribution >= 4 is 5.97 Å². The predicted octanol–water partition coefficient (Wildman–Crippen LogP) is 1.36. The van der Waals surface area contributed by atoms with Gasteiger partial charge in [-0.1, -0.05) is 13.0 Å². The molecule has 0 aromatic rings. The van der Waals surface area contributed by atoms with Crippen LogP contribution in [-0.2, 0) is 4.79 Å². The predicted molar refractivity (Wildman–Crippen MR) is 49.2 cm³/mol. The van der Waals surface area contributed by atoms with Gasteiger partial charge in [0.2, 0.25) is 0 Å².